The minimum atomic E-state index is 0.124. The molecule has 0 fully saturated rings. The lowest BCUT2D eigenvalue weighted by Crippen LogP contribution is -2.34. The number of likely N-dealkylation sites (N-methyl/N-ethyl adjacent to an activating group) is 1. The van der Waals surface area contributed by atoms with Crippen molar-refractivity contribution in [2.75, 3.05) is 27.7 Å². The number of hydrogen-bond donors (Lipinski definition) is 1. The van der Waals surface area contributed by atoms with Gasteiger partial charge >= 0.3 is 0 Å². The van der Waals surface area contributed by atoms with Gasteiger partial charge in [-0.25, -0.2) is 0 Å². The fourth-order valence-electron chi connectivity index (χ4n) is 2.17. The zero-order valence-corrected chi connectivity index (χ0v) is 13.8. The topological polar surface area (TPSA) is 41.6 Å². The van der Waals surface area contributed by atoms with Gasteiger partial charge in [0.25, 0.3) is 0 Å². The van der Waals surface area contributed by atoms with E-state index in [0.29, 0.717) is 18.9 Å². The quantitative estimate of drug-likeness (QED) is 0.801. The molecule has 1 aromatic rings. The summed E-state index contributed by atoms with van der Waals surface area (Å²) in [6.45, 7) is 4.87. The zero-order chi connectivity index (χ0) is 15.8. The van der Waals surface area contributed by atoms with Gasteiger partial charge in [-0.3, -0.25) is 4.79 Å². The van der Waals surface area contributed by atoms with Crippen LogP contribution in [0.5, 0.6) is 5.75 Å². The average Bonchev–Trinajstić information content (AvgIpc) is 2.45. The fraction of sp³-hybridized carbons (Fsp3) is 0.588. The number of amides is 1. The third-order valence-electron chi connectivity index (χ3n) is 3.54. The summed E-state index contributed by atoms with van der Waals surface area (Å²) in [5.41, 5.74) is 1.14. The molecule has 1 unspecified atom stereocenters. The summed E-state index contributed by atoms with van der Waals surface area (Å²) in [6.07, 6.45) is 1.52. The Balaban J connectivity index is 2.63. The molecule has 0 bridgehead atoms. The summed E-state index contributed by atoms with van der Waals surface area (Å²) in [6, 6.07) is 8.13. The van der Waals surface area contributed by atoms with Gasteiger partial charge in [0.2, 0.25) is 5.91 Å². The molecule has 1 rings (SSSR count). The molecule has 0 saturated heterocycles. The minimum absolute atomic E-state index is 0.124. The van der Waals surface area contributed by atoms with Crippen LogP contribution < -0.4 is 10.1 Å². The summed E-state index contributed by atoms with van der Waals surface area (Å²) >= 11 is 0. The average molecular weight is 292 g/mol. The highest BCUT2D eigenvalue weighted by Crippen LogP contribution is 2.22. The maximum atomic E-state index is 11.9. The van der Waals surface area contributed by atoms with Gasteiger partial charge in [-0.15, -0.1) is 0 Å². The number of hydrogen-bond acceptors (Lipinski definition) is 3. The number of nitrogens with zero attached hydrogens (tertiary/aromatic N) is 1. The molecule has 1 aromatic carbocycles. The Morgan fingerprint density at radius 1 is 1.33 bits per heavy atom. The van der Waals surface area contributed by atoms with Crippen LogP contribution in [-0.2, 0) is 4.79 Å². The van der Waals surface area contributed by atoms with Gasteiger partial charge in [0.1, 0.15) is 5.75 Å². The highest BCUT2D eigenvalue weighted by atomic mass is 16.5. The Labute approximate surface area is 128 Å². The summed E-state index contributed by atoms with van der Waals surface area (Å²) < 4.78 is 5.27. The normalized spacial score (nSPS) is 12.5. The Bertz CT molecular complexity index is 444. The van der Waals surface area contributed by atoms with E-state index in [0.717, 1.165) is 17.7 Å². The van der Waals surface area contributed by atoms with E-state index < -0.39 is 0 Å². The maximum absolute atomic E-state index is 11.9. The van der Waals surface area contributed by atoms with Crippen molar-refractivity contribution in [3.8, 4) is 5.75 Å². The van der Waals surface area contributed by atoms with Crippen LogP contribution in [0.4, 0.5) is 0 Å². The van der Waals surface area contributed by atoms with Crippen molar-refractivity contribution in [1.82, 2.24) is 10.2 Å². The molecule has 0 saturated carbocycles. The molecular formula is C17H28N2O2. The molecule has 1 amide bonds. The van der Waals surface area contributed by atoms with E-state index in [4.69, 9.17) is 4.74 Å². The van der Waals surface area contributed by atoms with Crippen LogP contribution in [0, 0.1) is 5.92 Å². The SMILES string of the molecule is COc1cccc(C(CNC(=O)CCC(C)C)N(C)C)c1. The number of methoxy groups -OCH3 is 1. The van der Waals surface area contributed by atoms with Gasteiger partial charge in [0, 0.05) is 13.0 Å². The van der Waals surface area contributed by atoms with E-state index in [9.17, 15) is 4.79 Å². The Kier molecular flexibility index (Phi) is 7.23. The van der Waals surface area contributed by atoms with E-state index in [1.807, 2.05) is 32.3 Å². The summed E-state index contributed by atoms with van der Waals surface area (Å²) in [7, 11) is 5.70. The number of rotatable bonds is 8. The number of ether oxygens (including phenoxy) is 1. The molecule has 1 N–H and O–H groups in total. The molecule has 0 aliphatic carbocycles. The van der Waals surface area contributed by atoms with Crippen LogP contribution in [0.15, 0.2) is 24.3 Å². The van der Waals surface area contributed by atoms with Crippen LogP contribution in [0.1, 0.15) is 38.3 Å². The van der Waals surface area contributed by atoms with Crippen molar-refractivity contribution in [2.45, 2.75) is 32.7 Å². The van der Waals surface area contributed by atoms with E-state index in [1.165, 1.54) is 0 Å². The van der Waals surface area contributed by atoms with E-state index >= 15 is 0 Å². The van der Waals surface area contributed by atoms with Crippen LogP contribution in [0.25, 0.3) is 0 Å². The second-order valence-electron chi connectivity index (χ2n) is 5.99. The molecule has 0 aromatic heterocycles. The van der Waals surface area contributed by atoms with E-state index in [2.05, 4.69) is 30.1 Å². The molecule has 4 nitrogen and oxygen atoms in total. The van der Waals surface area contributed by atoms with Crippen LogP contribution in [0.2, 0.25) is 0 Å². The van der Waals surface area contributed by atoms with Gasteiger partial charge in [-0.1, -0.05) is 26.0 Å². The number of carbonyl (C=O) groups is 1. The molecule has 0 aliphatic heterocycles. The van der Waals surface area contributed by atoms with Crippen LogP contribution in [0.3, 0.4) is 0 Å². The monoisotopic (exact) mass is 292 g/mol. The first-order chi connectivity index (χ1) is 9.93. The molecule has 0 radical (unpaired) electrons. The number of benzene rings is 1. The summed E-state index contributed by atoms with van der Waals surface area (Å²) in [5, 5.41) is 3.03. The van der Waals surface area contributed by atoms with E-state index in [1.54, 1.807) is 7.11 Å². The predicted octanol–water partition coefficient (Wildman–Crippen LogP) is 2.85. The van der Waals surface area contributed by atoms with Crippen molar-refractivity contribution in [2.24, 2.45) is 5.92 Å². The van der Waals surface area contributed by atoms with Gasteiger partial charge in [0.15, 0.2) is 0 Å². The smallest absolute Gasteiger partial charge is 0.220 e. The highest BCUT2D eigenvalue weighted by Gasteiger charge is 2.16. The third-order valence-corrected chi connectivity index (χ3v) is 3.54. The van der Waals surface area contributed by atoms with Crippen molar-refractivity contribution in [1.29, 1.82) is 0 Å². The first-order valence-corrected chi connectivity index (χ1v) is 7.51. The van der Waals surface area contributed by atoms with Crippen molar-refractivity contribution >= 4 is 5.91 Å². The first-order valence-electron chi connectivity index (χ1n) is 7.51. The lowest BCUT2D eigenvalue weighted by molar-refractivity contribution is -0.121. The zero-order valence-electron chi connectivity index (χ0n) is 13.8. The summed E-state index contributed by atoms with van der Waals surface area (Å²) in [4.78, 5) is 14.0. The van der Waals surface area contributed by atoms with Crippen molar-refractivity contribution in [3.05, 3.63) is 29.8 Å². The predicted molar refractivity (Wildman–Crippen MR) is 86.5 cm³/mol. The van der Waals surface area contributed by atoms with Crippen molar-refractivity contribution < 1.29 is 9.53 Å². The lowest BCUT2D eigenvalue weighted by Gasteiger charge is -2.25. The number of carbonyl (C=O) groups excluding carboxylic acids is 1. The van der Waals surface area contributed by atoms with Crippen LogP contribution >= 0.6 is 0 Å². The minimum Gasteiger partial charge on any atom is -0.497 e. The first kappa shape index (κ1) is 17.5. The molecule has 0 heterocycles. The standard InChI is InChI=1S/C17H28N2O2/c1-13(2)9-10-17(20)18-12-16(19(3)4)14-7-6-8-15(11-14)21-5/h6-8,11,13,16H,9-10,12H2,1-5H3,(H,18,20). The van der Waals surface area contributed by atoms with Crippen LogP contribution in [-0.4, -0.2) is 38.6 Å². The lowest BCUT2D eigenvalue weighted by atomic mass is 10.0. The van der Waals surface area contributed by atoms with E-state index in [-0.39, 0.29) is 11.9 Å². The van der Waals surface area contributed by atoms with Gasteiger partial charge in [0.05, 0.1) is 13.2 Å². The molecule has 0 spiro atoms. The Morgan fingerprint density at radius 2 is 2.05 bits per heavy atom. The molecule has 1 atom stereocenters. The highest BCUT2D eigenvalue weighted by molar-refractivity contribution is 5.75. The summed E-state index contributed by atoms with van der Waals surface area (Å²) in [5.74, 6) is 1.52. The molecule has 21 heavy (non-hydrogen) atoms. The van der Waals surface area contributed by atoms with Gasteiger partial charge in [-0.2, -0.15) is 0 Å². The number of nitrogens with one attached hydrogen (secondary N) is 1. The second kappa shape index (κ2) is 8.67. The third kappa shape index (κ3) is 6.17. The molecular weight excluding hydrogens is 264 g/mol. The largest absolute Gasteiger partial charge is 0.497 e. The van der Waals surface area contributed by atoms with Gasteiger partial charge in [-0.05, 0) is 44.1 Å². The molecule has 0 aliphatic rings. The maximum Gasteiger partial charge on any atom is 0.220 e. The Hall–Kier alpha value is -1.55. The Morgan fingerprint density at radius 3 is 2.62 bits per heavy atom. The molecule has 118 valence electrons. The van der Waals surface area contributed by atoms with Gasteiger partial charge < -0.3 is 15.0 Å². The fourth-order valence-corrected chi connectivity index (χ4v) is 2.17. The van der Waals surface area contributed by atoms with Crippen molar-refractivity contribution in [3.63, 3.8) is 0 Å². The molecule has 4 heteroatoms. The second-order valence-corrected chi connectivity index (χ2v) is 5.99.